The van der Waals surface area contributed by atoms with Crippen LogP contribution in [0.25, 0.3) is 66.1 Å². The van der Waals surface area contributed by atoms with Crippen LogP contribution in [0, 0.1) is 6.92 Å². The average Bonchev–Trinajstić information content (AvgIpc) is 3.91. The van der Waals surface area contributed by atoms with Gasteiger partial charge in [-0.25, -0.2) is 0 Å². The predicted molar refractivity (Wildman–Crippen MR) is 262 cm³/mol. The van der Waals surface area contributed by atoms with Crippen molar-refractivity contribution in [3.05, 3.63) is 188 Å². The molecule has 0 saturated carbocycles. The zero-order chi connectivity index (χ0) is 42.0. The lowest BCUT2D eigenvalue weighted by Gasteiger charge is -2.45. The highest BCUT2D eigenvalue weighted by Crippen LogP contribution is 2.50. The summed E-state index contributed by atoms with van der Waals surface area (Å²) in [4.78, 5) is 4.85. The molecule has 0 aliphatic carbocycles. The quantitative estimate of drug-likeness (QED) is 0.165. The third kappa shape index (κ3) is 5.15. The van der Waals surface area contributed by atoms with Crippen molar-refractivity contribution in [3.8, 4) is 33.8 Å². The molecule has 0 radical (unpaired) electrons. The molecule has 0 saturated heterocycles. The van der Waals surface area contributed by atoms with E-state index in [0.29, 0.717) is 13.2 Å². The van der Waals surface area contributed by atoms with E-state index in [4.69, 9.17) is 18.3 Å². The van der Waals surface area contributed by atoms with Crippen LogP contribution in [-0.2, 0) is 0 Å². The maximum absolute atomic E-state index is 6.59. The number of ether oxygens (including phenoxy) is 2. The molecule has 9 aromatic carbocycles. The van der Waals surface area contributed by atoms with Crippen LogP contribution in [0.3, 0.4) is 0 Å². The van der Waals surface area contributed by atoms with Crippen LogP contribution in [0.2, 0.25) is 0 Å². The fraction of sp³-hybridized carbons (Fsp3) is 0.0526. The molecule has 11 aromatic rings. The molecule has 0 amide bonds. The summed E-state index contributed by atoms with van der Waals surface area (Å²) in [6.07, 6.45) is 0. The van der Waals surface area contributed by atoms with Crippen LogP contribution in [0.4, 0.5) is 34.1 Å². The second kappa shape index (κ2) is 13.4. The summed E-state index contributed by atoms with van der Waals surface area (Å²) >= 11 is 0. The molecule has 14 rings (SSSR count). The Balaban J connectivity index is 0.983. The summed E-state index contributed by atoms with van der Waals surface area (Å²) in [5, 5.41) is 4.51. The van der Waals surface area contributed by atoms with Crippen LogP contribution >= 0.6 is 0 Å². The van der Waals surface area contributed by atoms with E-state index in [9.17, 15) is 0 Å². The van der Waals surface area contributed by atoms with Gasteiger partial charge in [-0.1, -0.05) is 97.1 Å². The minimum Gasteiger partial charge on any atom is -0.486 e. The number of fused-ring (bicyclic) bond motifs is 12. The van der Waals surface area contributed by atoms with E-state index >= 15 is 0 Å². The van der Waals surface area contributed by atoms with E-state index in [1.54, 1.807) is 0 Å². The minimum absolute atomic E-state index is 0.104. The van der Waals surface area contributed by atoms with Crippen LogP contribution in [0.15, 0.2) is 191 Å². The number of hydrogen-bond donors (Lipinski definition) is 0. The molecule has 302 valence electrons. The molecule has 2 aromatic heterocycles. The Labute approximate surface area is 369 Å². The summed E-state index contributed by atoms with van der Waals surface area (Å²) in [5.41, 5.74) is 19.4. The smallest absolute Gasteiger partial charge is 0.252 e. The van der Waals surface area contributed by atoms with Gasteiger partial charge in [0.25, 0.3) is 6.71 Å². The van der Waals surface area contributed by atoms with Gasteiger partial charge in [0.1, 0.15) is 35.5 Å². The van der Waals surface area contributed by atoms with Gasteiger partial charge in [-0.3, -0.25) is 0 Å². The minimum atomic E-state index is -0.104. The molecule has 0 unspecified atom stereocenters. The van der Waals surface area contributed by atoms with Crippen molar-refractivity contribution >= 4 is 101 Å². The Morgan fingerprint density at radius 2 is 0.984 bits per heavy atom. The third-order valence-electron chi connectivity index (χ3n) is 13.4. The zero-order valence-corrected chi connectivity index (χ0v) is 34.8. The summed E-state index contributed by atoms with van der Waals surface area (Å²) in [7, 11) is 0. The molecular weight excluding hydrogens is 787 g/mol. The summed E-state index contributed by atoms with van der Waals surface area (Å²) in [6, 6.07) is 65.3. The van der Waals surface area contributed by atoms with Crippen molar-refractivity contribution in [2.45, 2.75) is 6.92 Å². The van der Waals surface area contributed by atoms with E-state index in [1.807, 2.05) is 24.3 Å². The first-order valence-electron chi connectivity index (χ1n) is 21.9. The highest BCUT2D eigenvalue weighted by atomic mass is 16.6. The number of furan rings is 2. The van der Waals surface area contributed by atoms with Crippen LogP contribution < -0.4 is 35.7 Å². The number of anilines is 6. The topological polar surface area (TPSA) is 51.2 Å². The first-order chi connectivity index (χ1) is 31.6. The monoisotopic (exact) mass is 824 g/mol. The van der Waals surface area contributed by atoms with E-state index in [0.717, 1.165) is 112 Å². The molecule has 3 aliphatic heterocycles. The Bertz CT molecular complexity index is 3720. The van der Waals surface area contributed by atoms with Gasteiger partial charge in [0, 0.05) is 50.0 Å². The van der Waals surface area contributed by atoms with Crippen molar-refractivity contribution in [2.24, 2.45) is 0 Å². The first kappa shape index (κ1) is 35.4. The van der Waals surface area contributed by atoms with Crippen molar-refractivity contribution in [2.75, 3.05) is 23.0 Å². The van der Waals surface area contributed by atoms with E-state index in [2.05, 4.69) is 174 Å². The van der Waals surface area contributed by atoms with Crippen molar-refractivity contribution in [3.63, 3.8) is 0 Å². The standard InChI is InChI=1S/C57H37BN2O4/c1-34-29-48-55-49(30-34)60(39-9-3-2-4-10-39)56-45(24-26-52-57(56)62-28-27-61-52)58(55)46-31-36(38-18-23-44-42-12-6-8-14-51(42)64-54(44)33-38)19-25-47(46)59(48)40-20-15-35(16-21-40)37-17-22-43-41-11-5-7-13-50(41)63-53(43)32-37/h2-26,29-33H,27-28H2,1H3. The highest BCUT2D eigenvalue weighted by molar-refractivity contribution is 7.00. The number of hydrogen-bond acceptors (Lipinski definition) is 6. The number of rotatable bonds is 4. The van der Waals surface area contributed by atoms with Gasteiger partial charge in [0.2, 0.25) is 0 Å². The lowest BCUT2D eigenvalue weighted by Crippen LogP contribution is -2.61. The number of para-hydroxylation sites is 3. The zero-order valence-electron chi connectivity index (χ0n) is 34.8. The maximum atomic E-state index is 6.59. The van der Waals surface area contributed by atoms with Gasteiger partial charge < -0.3 is 28.1 Å². The molecule has 64 heavy (non-hydrogen) atoms. The Kier molecular flexibility index (Phi) is 7.43. The fourth-order valence-corrected chi connectivity index (χ4v) is 10.6. The van der Waals surface area contributed by atoms with Crippen molar-refractivity contribution < 1.29 is 18.3 Å². The molecular formula is C57H37BN2O4. The second-order valence-electron chi connectivity index (χ2n) is 17.1. The van der Waals surface area contributed by atoms with Gasteiger partial charge in [0.15, 0.2) is 11.5 Å². The Morgan fingerprint density at radius 1 is 0.422 bits per heavy atom. The first-order valence-corrected chi connectivity index (χ1v) is 21.9. The molecule has 7 heteroatoms. The maximum Gasteiger partial charge on any atom is 0.252 e. The van der Waals surface area contributed by atoms with Gasteiger partial charge in [-0.05, 0) is 136 Å². The third-order valence-corrected chi connectivity index (χ3v) is 13.4. The molecule has 6 nitrogen and oxygen atoms in total. The molecule has 3 aliphatic rings. The molecule has 0 N–H and O–H groups in total. The molecule has 5 heterocycles. The van der Waals surface area contributed by atoms with E-state index < -0.39 is 0 Å². The Morgan fingerprint density at radius 3 is 1.70 bits per heavy atom. The largest absolute Gasteiger partial charge is 0.486 e. The molecule has 0 bridgehead atoms. The summed E-state index contributed by atoms with van der Waals surface area (Å²) in [6.45, 7) is 3.10. The van der Waals surface area contributed by atoms with E-state index in [1.165, 1.54) is 22.0 Å². The number of aryl methyl sites for hydroxylation is 1. The van der Waals surface area contributed by atoms with E-state index in [-0.39, 0.29) is 6.71 Å². The van der Waals surface area contributed by atoms with Gasteiger partial charge >= 0.3 is 0 Å². The van der Waals surface area contributed by atoms with Gasteiger partial charge in [-0.2, -0.15) is 0 Å². The molecule has 0 spiro atoms. The highest BCUT2D eigenvalue weighted by Gasteiger charge is 2.45. The Hall–Kier alpha value is -8.16. The molecule has 0 fully saturated rings. The SMILES string of the molecule is Cc1cc2c3c(c1)N(c1ccccc1)c1c(ccc4c1OCCO4)B3c1cc(-c3ccc4c(c3)oc3ccccc34)ccc1N2c1ccc(-c2ccc3c(c2)oc2ccccc23)cc1. The lowest BCUT2D eigenvalue weighted by molar-refractivity contribution is 0.172. The number of nitrogens with zero attached hydrogens (tertiary/aromatic N) is 2. The van der Waals surface area contributed by atoms with Crippen LogP contribution in [0.1, 0.15) is 5.56 Å². The molecule has 0 atom stereocenters. The fourth-order valence-electron chi connectivity index (χ4n) is 10.6. The van der Waals surface area contributed by atoms with Crippen molar-refractivity contribution in [1.29, 1.82) is 0 Å². The normalized spacial score (nSPS) is 13.7. The second-order valence-corrected chi connectivity index (χ2v) is 17.1. The summed E-state index contributed by atoms with van der Waals surface area (Å²) in [5.74, 6) is 1.56. The summed E-state index contributed by atoms with van der Waals surface area (Å²) < 4.78 is 25.6. The average molecular weight is 825 g/mol. The van der Waals surface area contributed by atoms with Crippen LogP contribution in [0.5, 0.6) is 11.5 Å². The van der Waals surface area contributed by atoms with Crippen molar-refractivity contribution in [1.82, 2.24) is 0 Å². The lowest BCUT2D eigenvalue weighted by atomic mass is 9.33. The van der Waals surface area contributed by atoms with Gasteiger partial charge in [-0.15, -0.1) is 0 Å². The van der Waals surface area contributed by atoms with Gasteiger partial charge in [0.05, 0.1) is 5.69 Å². The number of benzene rings is 9. The predicted octanol–water partition coefficient (Wildman–Crippen LogP) is 13.0. The van der Waals surface area contributed by atoms with Crippen LogP contribution in [-0.4, -0.2) is 19.9 Å².